The summed E-state index contributed by atoms with van der Waals surface area (Å²) in [6.45, 7) is 2.41. The SMILES string of the molecule is Cl.NNCc1ccc(C(=O)N2CCCC2)cc1. The fourth-order valence-corrected chi connectivity index (χ4v) is 1.99. The van der Waals surface area contributed by atoms with Crippen LogP contribution in [0.2, 0.25) is 0 Å². The van der Waals surface area contributed by atoms with Crippen LogP contribution < -0.4 is 11.3 Å². The number of carbonyl (C=O) groups is 1. The Balaban J connectivity index is 0.00000144. The van der Waals surface area contributed by atoms with Crippen LogP contribution in [0.3, 0.4) is 0 Å². The van der Waals surface area contributed by atoms with E-state index in [0.717, 1.165) is 37.1 Å². The number of halogens is 1. The maximum absolute atomic E-state index is 12.0. The minimum atomic E-state index is 0. The van der Waals surface area contributed by atoms with Gasteiger partial charge < -0.3 is 4.90 Å². The van der Waals surface area contributed by atoms with E-state index in [9.17, 15) is 4.79 Å². The van der Waals surface area contributed by atoms with E-state index in [4.69, 9.17) is 5.84 Å². The van der Waals surface area contributed by atoms with Gasteiger partial charge in [-0.25, -0.2) is 0 Å². The van der Waals surface area contributed by atoms with Crippen LogP contribution in [0, 0.1) is 0 Å². The third-order valence-corrected chi connectivity index (χ3v) is 2.90. The number of hydrogen-bond acceptors (Lipinski definition) is 3. The molecule has 0 saturated carbocycles. The minimum Gasteiger partial charge on any atom is -0.339 e. The molecule has 1 fully saturated rings. The number of nitrogens with zero attached hydrogens (tertiary/aromatic N) is 1. The quantitative estimate of drug-likeness (QED) is 0.633. The van der Waals surface area contributed by atoms with E-state index in [1.807, 2.05) is 29.2 Å². The van der Waals surface area contributed by atoms with Gasteiger partial charge in [0.2, 0.25) is 0 Å². The standard InChI is InChI=1S/C12H17N3O.ClH/c13-14-9-10-3-5-11(6-4-10)12(16)15-7-1-2-8-15;/h3-6,14H,1-2,7-9,13H2;1H. The van der Waals surface area contributed by atoms with E-state index in [1.54, 1.807) is 0 Å². The van der Waals surface area contributed by atoms with Crippen molar-refractivity contribution in [2.24, 2.45) is 5.84 Å². The Morgan fingerprint density at radius 2 is 1.82 bits per heavy atom. The second kappa shape index (κ2) is 6.59. The van der Waals surface area contributed by atoms with Crippen molar-refractivity contribution in [2.75, 3.05) is 13.1 Å². The largest absolute Gasteiger partial charge is 0.339 e. The predicted octanol–water partition coefficient (Wildman–Crippen LogP) is 1.31. The summed E-state index contributed by atoms with van der Waals surface area (Å²) >= 11 is 0. The van der Waals surface area contributed by atoms with Crippen LogP contribution in [0.5, 0.6) is 0 Å². The molecule has 1 heterocycles. The number of carbonyl (C=O) groups excluding carboxylic acids is 1. The number of hydrogen-bond donors (Lipinski definition) is 2. The maximum atomic E-state index is 12.0. The van der Waals surface area contributed by atoms with Crippen LogP contribution in [0.1, 0.15) is 28.8 Å². The van der Waals surface area contributed by atoms with Gasteiger partial charge in [0.25, 0.3) is 5.91 Å². The lowest BCUT2D eigenvalue weighted by molar-refractivity contribution is 0.0793. The molecule has 0 aromatic heterocycles. The molecule has 1 saturated heterocycles. The molecule has 2 rings (SSSR count). The Bertz CT molecular complexity index is 361. The lowest BCUT2D eigenvalue weighted by atomic mass is 10.1. The highest BCUT2D eigenvalue weighted by molar-refractivity contribution is 5.94. The first kappa shape index (κ1) is 14.0. The zero-order valence-corrected chi connectivity index (χ0v) is 10.5. The smallest absolute Gasteiger partial charge is 0.253 e. The van der Waals surface area contributed by atoms with E-state index < -0.39 is 0 Å². The highest BCUT2D eigenvalue weighted by Crippen LogP contribution is 2.13. The minimum absolute atomic E-state index is 0. The number of likely N-dealkylation sites (tertiary alicyclic amines) is 1. The van der Waals surface area contributed by atoms with E-state index >= 15 is 0 Å². The van der Waals surface area contributed by atoms with Crippen molar-refractivity contribution in [2.45, 2.75) is 19.4 Å². The van der Waals surface area contributed by atoms with Crippen molar-refractivity contribution in [3.8, 4) is 0 Å². The van der Waals surface area contributed by atoms with Crippen LogP contribution in [0.15, 0.2) is 24.3 Å². The number of benzene rings is 1. The Kier molecular flexibility index (Phi) is 5.41. The van der Waals surface area contributed by atoms with Gasteiger partial charge in [0, 0.05) is 25.2 Å². The fraction of sp³-hybridized carbons (Fsp3) is 0.417. The van der Waals surface area contributed by atoms with Crippen molar-refractivity contribution in [1.82, 2.24) is 10.3 Å². The molecule has 3 N–H and O–H groups in total. The number of nitrogens with two attached hydrogens (primary N) is 1. The zero-order valence-electron chi connectivity index (χ0n) is 9.69. The Morgan fingerprint density at radius 1 is 1.24 bits per heavy atom. The molecule has 0 unspecified atom stereocenters. The first-order valence-corrected chi connectivity index (χ1v) is 5.63. The van der Waals surface area contributed by atoms with E-state index in [-0.39, 0.29) is 18.3 Å². The number of hydrazine groups is 1. The van der Waals surface area contributed by atoms with Gasteiger partial charge in [-0.1, -0.05) is 12.1 Å². The molecule has 94 valence electrons. The van der Waals surface area contributed by atoms with Gasteiger partial charge in [-0.05, 0) is 30.5 Å². The third kappa shape index (κ3) is 3.43. The molecule has 17 heavy (non-hydrogen) atoms. The topological polar surface area (TPSA) is 58.4 Å². The molecule has 1 aromatic carbocycles. The summed E-state index contributed by atoms with van der Waals surface area (Å²) in [4.78, 5) is 13.9. The summed E-state index contributed by atoms with van der Waals surface area (Å²) in [5.74, 6) is 5.38. The van der Waals surface area contributed by atoms with E-state index in [0.29, 0.717) is 6.54 Å². The van der Waals surface area contributed by atoms with Crippen molar-refractivity contribution < 1.29 is 4.79 Å². The summed E-state index contributed by atoms with van der Waals surface area (Å²) in [6.07, 6.45) is 2.25. The van der Waals surface area contributed by atoms with Gasteiger partial charge in [-0.2, -0.15) is 0 Å². The van der Waals surface area contributed by atoms with E-state index in [2.05, 4.69) is 5.43 Å². The first-order valence-electron chi connectivity index (χ1n) is 5.63. The van der Waals surface area contributed by atoms with Crippen molar-refractivity contribution in [3.05, 3.63) is 35.4 Å². The maximum Gasteiger partial charge on any atom is 0.253 e. The van der Waals surface area contributed by atoms with Gasteiger partial charge in [-0.15, -0.1) is 12.4 Å². The van der Waals surface area contributed by atoms with Crippen LogP contribution >= 0.6 is 12.4 Å². The molecule has 1 amide bonds. The van der Waals surface area contributed by atoms with Crippen molar-refractivity contribution >= 4 is 18.3 Å². The summed E-state index contributed by atoms with van der Waals surface area (Å²) in [5.41, 5.74) is 4.44. The summed E-state index contributed by atoms with van der Waals surface area (Å²) in [7, 11) is 0. The summed E-state index contributed by atoms with van der Waals surface area (Å²) in [6, 6.07) is 7.60. The molecule has 0 radical (unpaired) electrons. The van der Waals surface area contributed by atoms with Crippen LogP contribution in [-0.2, 0) is 6.54 Å². The lowest BCUT2D eigenvalue weighted by Crippen LogP contribution is -2.27. The third-order valence-electron chi connectivity index (χ3n) is 2.90. The molecule has 0 aliphatic carbocycles. The highest BCUT2D eigenvalue weighted by Gasteiger charge is 2.18. The van der Waals surface area contributed by atoms with Gasteiger partial charge in [0.05, 0.1) is 0 Å². The van der Waals surface area contributed by atoms with Crippen LogP contribution in [0.25, 0.3) is 0 Å². The predicted molar refractivity (Wildman–Crippen MR) is 69.9 cm³/mol. The van der Waals surface area contributed by atoms with E-state index in [1.165, 1.54) is 0 Å². The molecule has 0 bridgehead atoms. The average molecular weight is 256 g/mol. The summed E-state index contributed by atoms with van der Waals surface area (Å²) in [5, 5.41) is 0. The van der Waals surface area contributed by atoms with Gasteiger partial charge in [0.15, 0.2) is 0 Å². The molecule has 1 aromatic rings. The molecular formula is C12H18ClN3O. The summed E-state index contributed by atoms with van der Waals surface area (Å²) < 4.78 is 0. The molecule has 1 aliphatic rings. The van der Waals surface area contributed by atoms with Crippen LogP contribution in [0.4, 0.5) is 0 Å². The zero-order chi connectivity index (χ0) is 11.4. The molecule has 5 heteroatoms. The molecular weight excluding hydrogens is 238 g/mol. The number of amides is 1. The molecule has 0 spiro atoms. The monoisotopic (exact) mass is 255 g/mol. The van der Waals surface area contributed by atoms with Crippen molar-refractivity contribution in [3.63, 3.8) is 0 Å². The fourth-order valence-electron chi connectivity index (χ4n) is 1.99. The van der Waals surface area contributed by atoms with Crippen molar-refractivity contribution in [1.29, 1.82) is 0 Å². The Morgan fingerprint density at radius 3 is 2.35 bits per heavy atom. The van der Waals surface area contributed by atoms with Gasteiger partial charge in [-0.3, -0.25) is 16.1 Å². The highest BCUT2D eigenvalue weighted by atomic mass is 35.5. The lowest BCUT2D eigenvalue weighted by Gasteiger charge is -2.15. The molecule has 1 aliphatic heterocycles. The first-order chi connectivity index (χ1) is 7.81. The number of nitrogens with one attached hydrogen (secondary N) is 1. The average Bonchev–Trinajstić information content (AvgIpc) is 2.83. The van der Waals surface area contributed by atoms with Gasteiger partial charge in [0.1, 0.15) is 0 Å². The normalized spacial score (nSPS) is 14.5. The van der Waals surface area contributed by atoms with Gasteiger partial charge >= 0.3 is 0 Å². The van der Waals surface area contributed by atoms with Crippen LogP contribution in [-0.4, -0.2) is 23.9 Å². The second-order valence-electron chi connectivity index (χ2n) is 4.08. The Hall–Kier alpha value is -1.10. The second-order valence-corrected chi connectivity index (χ2v) is 4.08. The molecule has 0 atom stereocenters. The molecule has 4 nitrogen and oxygen atoms in total. The number of rotatable bonds is 3. The Labute approximate surface area is 108 Å².